The largest absolute Gasteiger partial charge is 0.380 e. The number of rotatable bonds is 2. The third kappa shape index (κ3) is 1.91. The highest BCUT2D eigenvalue weighted by Gasteiger charge is 2.31. The monoisotopic (exact) mass is 198 g/mol. The average molecular weight is 198 g/mol. The Hall–Kier alpha value is -0.610. The number of amides is 1. The lowest BCUT2D eigenvalue weighted by Crippen LogP contribution is -2.54. The maximum absolute atomic E-state index is 11.9. The van der Waals surface area contributed by atoms with Gasteiger partial charge in [0, 0.05) is 33.3 Å². The van der Waals surface area contributed by atoms with Crippen molar-refractivity contribution in [1.82, 2.24) is 10.2 Å². The molecule has 0 saturated carbocycles. The van der Waals surface area contributed by atoms with E-state index in [4.69, 9.17) is 4.74 Å². The van der Waals surface area contributed by atoms with Crippen molar-refractivity contribution in [2.45, 2.75) is 18.9 Å². The number of nitrogens with zero attached hydrogens (tertiary/aromatic N) is 1. The van der Waals surface area contributed by atoms with Crippen LogP contribution < -0.4 is 5.32 Å². The van der Waals surface area contributed by atoms with Gasteiger partial charge in [0.05, 0.1) is 12.0 Å². The summed E-state index contributed by atoms with van der Waals surface area (Å²) in [6.07, 6.45) is 2.41. The minimum absolute atomic E-state index is 0.227. The maximum Gasteiger partial charge on any atom is 0.228 e. The standard InChI is InChI=1S/C10H18N2O2/c1-14-9-3-2-4-12(7-9)10(13)8-5-11-6-8/h8-9,11H,2-7H2,1H3. The molecular formula is C10H18N2O2. The fourth-order valence-corrected chi connectivity index (χ4v) is 2.05. The lowest BCUT2D eigenvalue weighted by atomic mass is 9.99. The summed E-state index contributed by atoms with van der Waals surface area (Å²) in [6, 6.07) is 0. The molecule has 0 aromatic carbocycles. The quantitative estimate of drug-likeness (QED) is 0.670. The van der Waals surface area contributed by atoms with Gasteiger partial charge in [0.2, 0.25) is 5.91 Å². The molecule has 2 rings (SSSR count). The molecule has 80 valence electrons. The summed E-state index contributed by atoms with van der Waals surface area (Å²) in [6.45, 7) is 3.40. The molecule has 0 aromatic heterocycles. The normalized spacial score (nSPS) is 28.6. The zero-order chi connectivity index (χ0) is 9.97. The summed E-state index contributed by atoms with van der Waals surface area (Å²) in [4.78, 5) is 13.8. The zero-order valence-electron chi connectivity index (χ0n) is 8.66. The van der Waals surface area contributed by atoms with E-state index in [1.807, 2.05) is 4.90 Å². The van der Waals surface area contributed by atoms with Crippen molar-refractivity contribution < 1.29 is 9.53 Å². The number of nitrogens with one attached hydrogen (secondary N) is 1. The highest BCUT2D eigenvalue weighted by atomic mass is 16.5. The molecule has 0 aromatic rings. The minimum Gasteiger partial charge on any atom is -0.380 e. The predicted molar refractivity (Wildman–Crippen MR) is 53.0 cm³/mol. The highest BCUT2D eigenvalue weighted by Crippen LogP contribution is 2.16. The molecule has 1 unspecified atom stereocenters. The topological polar surface area (TPSA) is 41.6 Å². The highest BCUT2D eigenvalue weighted by molar-refractivity contribution is 5.80. The van der Waals surface area contributed by atoms with E-state index >= 15 is 0 Å². The van der Waals surface area contributed by atoms with Crippen molar-refractivity contribution in [2.24, 2.45) is 5.92 Å². The Morgan fingerprint density at radius 1 is 1.50 bits per heavy atom. The molecule has 1 amide bonds. The van der Waals surface area contributed by atoms with E-state index in [0.29, 0.717) is 5.91 Å². The number of likely N-dealkylation sites (tertiary alicyclic amines) is 1. The van der Waals surface area contributed by atoms with E-state index in [1.54, 1.807) is 7.11 Å². The van der Waals surface area contributed by atoms with E-state index in [1.165, 1.54) is 0 Å². The molecule has 1 atom stereocenters. The Bertz CT molecular complexity index is 216. The van der Waals surface area contributed by atoms with Gasteiger partial charge in [-0.3, -0.25) is 4.79 Å². The zero-order valence-corrected chi connectivity index (χ0v) is 8.66. The molecule has 0 aliphatic carbocycles. The number of carbonyl (C=O) groups is 1. The second-order valence-corrected chi connectivity index (χ2v) is 4.14. The first-order valence-corrected chi connectivity index (χ1v) is 5.33. The Morgan fingerprint density at radius 2 is 2.29 bits per heavy atom. The fraction of sp³-hybridized carbons (Fsp3) is 0.900. The van der Waals surface area contributed by atoms with Crippen molar-refractivity contribution in [2.75, 3.05) is 33.3 Å². The van der Waals surface area contributed by atoms with Gasteiger partial charge in [-0.2, -0.15) is 0 Å². The molecule has 0 bridgehead atoms. The van der Waals surface area contributed by atoms with Crippen LogP contribution in [0.2, 0.25) is 0 Å². The lowest BCUT2D eigenvalue weighted by molar-refractivity contribution is -0.140. The molecule has 2 saturated heterocycles. The number of hydrogen-bond acceptors (Lipinski definition) is 3. The number of methoxy groups -OCH3 is 1. The molecule has 2 aliphatic rings. The van der Waals surface area contributed by atoms with Crippen molar-refractivity contribution in [3.8, 4) is 0 Å². The summed E-state index contributed by atoms with van der Waals surface area (Å²) in [5.41, 5.74) is 0. The third-order valence-electron chi connectivity index (χ3n) is 3.15. The summed E-state index contributed by atoms with van der Waals surface area (Å²) in [7, 11) is 1.73. The molecule has 2 aliphatic heterocycles. The van der Waals surface area contributed by atoms with Crippen LogP contribution >= 0.6 is 0 Å². The minimum atomic E-state index is 0.227. The van der Waals surface area contributed by atoms with Crippen LogP contribution in [0.25, 0.3) is 0 Å². The fourth-order valence-electron chi connectivity index (χ4n) is 2.05. The van der Waals surface area contributed by atoms with Crippen LogP contribution in [0.4, 0.5) is 0 Å². The van der Waals surface area contributed by atoms with Crippen molar-refractivity contribution in [3.05, 3.63) is 0 Å². The summed E-state index contributed by atoms with van der Waals surface area (Å²) in [5.74, 6) is 0.538. The Balaban J connectivity index is 1.86. The van der Waals surface area contributed by atoms with E-state index in [2.05, 4.69) is 5.32 Å². The molecule has 0 radical (unpaired) electrons. The molecule has 14 heavy (non-hydrogen) atoms. The molecule has 2 fully saturated rings. The first kappa shape index (κ1) is 9.93. The van der Waals surface area contributed by atoms with Gasteiger partial charge >= 0.3 is 0 Å². The van der Waals surface area contributed by atoms with Crippen LogP contribution in [0.15, 0.2) is 0 Å². The van der Waals surface area contributed by atoms with Crippen LogP contribution in [0.3, 0.4) is 0 Å². The molecule has 2 heterocycles. The van der Waals surface area contributed by atoms with Gasteiger partial charge in [0.25, 0.3) is 0 Å². The summed E-state index contributed by atoms with van der Waals surface area (Å²) < 4.78 is 5.29. The molecule has 4 heteroatoms. The Kier molecular flexibility index (Phi) is 3.03. The Morgan fingerprint density at radius 3 is 2.86 bits per heavy atom. The van der Waals surface area contributed by atoms with Gasteiger partial charge in [-0.25, -0.2) is 0 Å². The van der Waals surface area contributed by atoms with Gasteiger partial charge in [-0.15, -0.1) is 0 Å². The van der Waals surface area contributed by atoms with Crippen molar-refractivity contribution in [1.29, 1.82) is 0 Å². The van der Waals surface area contributed by atoms with E-state index in [0.717, 1.165) is 39.0 Å². The smallest absolute Gasteiger partial charge is 0.228 e. The summed E-state index contributed by atoms with van der Waals surface area (Å²) in [5, 5.41) is 3.13. The van der Waals surface area contributed by atoms with E-state index < -0.39 is 0 Å². The number of ether oxygens (including phenoxy) is 1. The first-order valence-electron chi connectivity index (χ1n) is 5.33. The maximum atomic E-state index is 11.9. The second-order valence-electron chi connectivity index (χ2n) is 4.14. The van der Waals surface area contributed by atoms with E-state index in [9.17, 15) is 4.79 Å². The Labute approximate surface area is 84.6 Å². The predicted octanol–water partition coefficient (Wildman–Crippen LogP) is -0.157. The van der Waals surface area contributed by atoms with Gasteiger partial charge in [-0.1, -0.05) is 0 Å². The van der Waals surface area contributed by atoms with Gasteiger partial charge in [-0.05, 0) is 12.8 Å². The average Bonchev–Trinajstić information content (AvgIpc) is 2.15. The van der Waals surface area contributed by atoms with Crippen LogP contribution in [-0.4, -0.2) is 50.2 Å². The SMILES string of the molecule is COC1CCCN(C(=O)C2CNC2)C1. The van der Waals surface area contributed by atoms with Crippen molar-refractivity contribution in [3.63, 3.8) is 0 Å². The third-order valence-corrected chi connectivity index (χ3v) is 3.15. The molecule has 4 nitrogen and oxygen atoms in total. The van der Waals surface area contributed by atoms with Gasteiger partial charge in [0.1, 0.15) is 0 Å². The molecule has 0 spiro atoms. The van der Waals surface area contributed by atoms with Crippen LogP contribution in [-0.2, 0) is 9.53 Å². The first-order chi connectivity index (χ1) is 6.81. The van der Waals surface area contributed by atoms with Crippen molar-refractivity contribution >= 4 is 5.91 Å². The second kappa shape index (κ2) is 4.28. The van der Waals surface area contributed by atoms with Crippen LogP contribution in [0.5, 0.6) is 0 Å². The molecule has 1 N–H and O–H groups in total. The van der Waals surface area contributed by atoms with Gasteiger partial charge in [0.15, 0.2) is 0 Å². The van der Waals surface area contributed by atoms with Crippen LogP contribution in [0.1, 0.15) is 12.8 Å². The summed E-state index contributed by atoms with van der Waals surface area (Å²) >= 11 is 0. The number of carbonyl (C=O) groups excluding carboxylic acids is 1. The molecular weight excluding hydrogens is 180 g/mol. The lowest BCUT2D eigenvalue weighted by Gasteiger charge is -2.37. The number of piperidine rings is 1. The van der Waals surface area contributed by atoms with E-state index in [-0.39, 0.29) is 12.0 Å². The van der Waals surface area contributed by atoms with Crippen LogP contribution in [0, 0.1) is 5.92 Å². The number of hydrogen-bond donors (Lipinski definition) is 1. The van der Waals surface area contributed by atoms with Gasteiger partial charge < -0.3 is 15.0 Å².